The highest BCUT2D eigenvalue weighted by Crippen LogP contribution is 2.13. The SMILES string of the molecule is COCCNOC(=O)C(C)(C)C. The van der Waals surface area contributed by atoms with E-state index < -0.39 is 5.41 Å². The predicted molar refractivity (Wildman–Crippen MR) is 45.4 cm³/mol. The standard InChI is InChI=1S/C8H17NO3/c1-8(2,3)7(10)12-9-5-6-11-4/h9H,5-6H2,1-4H3. The van der Waals surface area contributed by atoms with Crippen molar-refractivity contribution < 1.29 is 14.4 Å². The quantitative estimate of drug-likeness (QED) is 0.505. The molecular formula is C8H17NO3. The van der Waals surface area contributed by atoms with Gasteiger partial charge in [-0.05, 0) is 20.8 Å². The maximum atomic E-state index is 11.1. The first-order chi connectivity index (χ1) is 5.48. The molecule has 0 aromatic carbocycles. The number of carbonyl (C=O) groups excluding carboxylic acids is 1. The van der Waals surface area contributed by atoms with Crippen LogP contribution < -0.4 is 5.48 Å². The van der Waals surface area contributed by atoms with Gasteiger partial charge in [0.25, 0.3) is 0 Å². The van der Waals surface area contributed by atoms with Gasteiger partial charge in [-0.15, -0.1) is 0 Å². The fourth-order valence-corrected chi connectivity index (χ4v) is 0.413. The molecule has 0 atom stereocenters. The average Bonchev–Trinajstić information content (AvgIpc) is 1.96. The Kier molecular flexibility index (Phi) is 4.85. The minimum atomic E-state index is -0.458. The number of nitrogens with one attached hydrogen (secondary N) is 1. The Bertz CT molecular complexity index is 140. The van der Waals surface area contributed by atoms with Crippen LogP contribution in [-0.2, 0) is 14.4 Å². The van der Waals surface area contributed by atoms with Crippen LogP contribution in [0.25, 0.3) is 0 Å². The highest BCUT2D eigenvalue weighted by molar-refractivity contribution is 5.75. The number of hydroxylamine groups is 1. The van der Waals surface area contributed by atoms with E-state index in [9.17, 15) is 4.79 Å². The summed E-state index contributed by atoms with van der Waals surface area (Å²) < 4.78 is 4.76. The van der Waals surface area contributed by atoms with Gasteiger partial charge in [0.1, 0.15) is 0 Å². The lowest BCUT2D eigenvalue weighted by Gasteiger charge is -2.15. The van der Waals surface area contributed by atoms with Crippen molar-refractivity contribution in [3.63, 3.8) is 0 Å². The van der Waals surface area contributed by atoms with Gasteiger partial charge in [-0.25, -0.2) is 4.79 Å². The van der Waals surface area contributed by atoms with Gasteiger partial charge in [0.15, 0.2) is 0 Å². The maximum Gasteiger partial charge on any atom is 0.329 e. The lowest BCUT2D eigenvalue weighted by atomic mass is 9.98. The lowest BCUT2D eigenvalue weighted by Crippen LogP contribution is -2.31. The van der Waals surface area contributed by atoms with E-state index >= 15 is 0 Å². The molecule has 0 aliphatic carbocycles. The Morgan fingerprint density at radius 1 is 1.42 bits per heavy atom. The van der Waals surface area contributed by atoms with Gasteiger partial charge in [-0.2, -0.15) is 5.48 Å². The first kappa shape index (κ1) is 11.4. The molecule has 1 N–H and O–H groups in total. The largest absolute Gasteiger partial charge is 0.383 e. The Labute approximate surface area is 73.2 Å². The fourth-order valence-electron chi connectivity index (χ4n) is 0.413. The molecule has 72 valence electrons. The summed E-state index contributed by atoms with van der Waals surface area (Å²) in [5.41, 5.74) is 2.06. The molecule has 0 unspecified atom stereocenters. The number of ether oxygens (including phenoxy) is 1. The molecule has 0 saturated heterocycles. The second-order valence-corrected chi connectivity index (χ2v) is 3.53. The van der Waals surface area contributed by atoms with E-state index in [0.29, 0.717) is 13.2 Å². The Morgan fingerprint density at radius 3 is 2.42 bits per heavy atom. The number of methoxy groups -OCH3 is 1. The van der Waals surface area contributed by atoms with Crippen LogP contribution in [0, 0.1) is 5.41 Å². The Morgan fingerprint density at radius 2 is 2.00 bits per heavy atom. The molecule has 0 aliphatic rings. The van der Waals surface area contributed by atoms with Crippen molar-refractivity contribution in [2.45, 2.75) is 20.8 Å². The highest BCUT2D eigenvalue weighted by atomic mass is 16.7. The summed E-state index contributed by atoms with van der Waals surface area (Å²) in [5, 5.41) is 0. The van der Waals surface area contributed by atoms with Crippen molar-refractivity contribution in [2.24, 2.45) is 5.41 Å². The number of carbonyl (C=O) groups is 1. The molecule has 0 rings (SSSR count). The molecule has 0 heterocycles. The van der Waals surface area contributed by atoms with Crippen LogP contribution in [0.1, 0.15) is 20.8 Å². The lowest BCUT2D eigenvalue weighted by molar-refractivity contribution is -0.161. The first-order valence-corrected chi connectivity index (χ1v) is 3.91. The van der Waals surface area contributed by atoms with Crippen LogP contribution in [-0.4, -0.2) is 26.2 Å². The fraction of sp³-hybridized carbons (Fsp3) is 0.875. The summed E-state index contributed by atoms with van der Waals surface area (Å²) in [6.45, 7) is 6.43. The molecule has 4 nitrogen and oxygen atoms in total. The van der Waals surface area contributed by atoms with E-state index in [1.54, 1.807) is 27.9 Å². The van der Waals surface area contributed by atoms with Crippen molar-refractivity contribution in [1.82, 2.24) is 5.48 Å². The number of hydrogen-bond donors (Lipinski definition) is 1. The van der Waals surface area contributed by atoms with Crippen LogP contribution in [0.2, 0.25) is 0 Å². The van der Waals surface area contributed by atoms with Gasteiger partial charge in [0.05, 0.1) is 18.6 Å². The molecule has 12 heavy (non-hydrogen) atoms. The van der Waals surface area contributed by atoms with Gasteiger partial charge in [-0.3, -0.25) is 0 Å². The van der Waals surface area contributed by atoms with E-state index in [2.05, 4.69) is 5.48 Å². The zero-order valence-corrected chi connectivity index (χ0v) is 8.14. The van der Waals surface area contributed by atoms with Crippen molar-refractivity contribution in [2.75, 3.05) is 20.3 Å². The summed E-state index contributed by atoms with van der Waals surface area (Å²) in [4.78, 5) is 15.8. The molecule has 0 aromatic heterocycles. The topological polar surface area (TPSA) is 47.6 Å². The van der Waals surface area contributed by atoms with Crippen molar-refractivity contribution in [3.05, 3.63) is 0 Å². The summed E-state index contributed by atoms with van der Waals surface area (Å²) >= 11 is 0. The molecule has 0 aliphatic heterocycles. The van der Waals surface area contributed by atoms with E-state index in [-0.39, 0.29) is 5.97 Å². The molecule has 4 heteroatoms. The molecule has 0 spiro atoms. The van der Waals surface area contributed by atoms with Gasteiger partial charge in [0.2, 0.25) is 0 Å². The van der Waals surface area contributed by atoms with Crippen molar-refractivity contribution in [1.29, 1.82) is 0 Å². The second kappa shape index (κ2) is 5.11. The number of hydrogen-bond acceptors (Lipinski definition) is 4. The van der Waals surface area contributed by atoms with E-state index in [1.807, 2.05) is 0 Å². The molecule has 0 radical (unpaired) electrons. The van der Waals surface area contributed by atoms with E-state index in [1.165, 1.54) is 0 Å². The third-order valence-electron chi connectivity index (χ3n) is 1.19. The average molecular weight is 175 g/mol. The minimum absolute atomic E-state index is 0.265. The van der Waals surface area contributed by atoms with E-state index in [0.717, 1.165) is 0 Å². The minimum Gasteiger partial charge on any atom is -0.383 e. The van der Waals surface area contributed by atoms with Gasteiger partial charge < -0.3 is 9.57 Å². The normalized spacial score (nSPS) is 11.3. The molecule has 0 saturated carbocycles. The van der Waals surface area contributed by atoms with Gasteiger partial charge in [-0.1, -0.05) is 0 Å². The monoisotopic (exact) mass is 175 g/mol. The smallest absolute Gasteiger partial charge is 0.329 e. The summed E-state index contributed by atoms with van der Waals surface area (Å²) in [7, 11) is 1.59. The second-order valence-electron chi connectivity index (χ2n) is 3.53. The molecule has 0 fully saturated rings. The van der Waals surface area contributed by atoms with Crippen molar-refractivity contribution in [3.8, 4) is 0 Å². The molecule has 0 amide bonds. The Balaban J connectivity index is 3.45. The van der Waals surface area contributed by atoms with Crippen LogP contribution in [0.5, 0.6) is 0 Å². The van der Waals surface area contributed by atoms with Crippen LogP contribution in [0.15, 0.2) is 0 Å². The maximum absolute atomic E-state index is 11.1. The summed E-state index contributed by atoms with van der Waals surface area (Å²) in [6, 6.07) is 0. The summed E-state index contributed by atoms with van der Waals surface area (Å²) in [6.07, 6.45) is 0. The Hall–Kier alpha value is -0.610. The zero-order chi connectivity index (χ0) is 9.61. The molecule has 0 aromatic rings. The van der Waals surface area contributed by atoms with Gasteiger partial charge in [0, 0.05) is 7.11 Å². The first-order valence-electron chi connectivity index (χ1n) is 3.91. The third kappa shape index (κ3) is 5.09. The third-order valence-corrected chi connectivity index (χ3v) is 1.19. The molecule has 0 bridgehead atoms. The van der Waals surface area contributed by atoms with Crippen molar-refractivity contribution >= 4 is 5.97 Å². The zero-order valence-electron chi connectivity index (χ0n) is 8.14. The summed E-state index contributed by atoms with van der Waals surface area (Å²) in [5.74, 6) is -0.265. The van der Waals surface area contributed by atoms with Gasteiger partial charge >= 0.3 is 5.97 Å². The number of rotatable bonds is 4. The highest BCUT2D eigenvalue weighted by Gasteiger charge is 2.23. The van der Waals surface area contributed by atoms with Crippen LogP contribution >= 0.6 is 0 Å². The molecular weight excluding hydrogens is 158 g/mol. The van der Waals surface area contributed by atoms with E-state index in [4.69, 9.17) is 9.57 Å². The predicted octanol–water partition coefficient (Wildman–Crippen LogP) is 0.727. The van der Waals surface area contributed by atoms with Crippen LogP contribution in [0.4, 0.5) is 0 Å². The van der Waals surface area contributed by atoms with Crippen LogP contribution in [0.3, 0.4) is 0 Å².